The van der Waals surface area contributed by atoms with Crippen molar-refractivity contribution in [2.75, 3.05) is 13.7 Å². The van der Waals surface area contributed by atoms with Gasteiger partial charge in [-0.05, 0) is 25.8 Å². The molecular formula is C14H21NO2. The van der Waals surface area contributed by atoms with Gasteiger partial charge in [0.25, 0.3) is 0 Å². The number of methoxy groups -OCH3 is 1. The fourth-order valence-electron chi connectivity index (χ4n) is 2.88. The van der Waals surface area contributed by atoms with E-state index < -0.39 is 0 Å². The summed E-state index contributed by atoms with van der Waals surface area (Å²) in [7, 11) is 1.46. The molecule has 2 unspecified atom stereocenters. The van der Waals surface area contributed by atoms with E-state index in [1.54, 1.807) is 0 Å². The van der Waals surface area contributed by atoms with Crippen LogP contribution >= 0.6 is 0 Å². The number of esters is 1. The van der Waals surface area contributed by atoms with Gasteiger partial charge in [-0.25, -0.2) is 0 Å². The second-order valence-electron chi connectivity index (χ2n) is 4.98. The standard InChI is InChI=1S/C14H21NO2/c1-17-13(16)11-14(8-4-2-5-9-14)12-7-3-6-10-15-12/h2,4-5,8,12,15H,3,6-7,9-11H2,1H3. The molecule has 1 saturated heterocycles. The first-order valence-corrected chi connectivity index (χ1v) is 6.41. The molecule has 0 aromatic rings. The minimum Gasteiger partial charge on any atom is -0.469 e. The van der Waals surface area contributed by atoms with Crippen molar-refractivity contribution < 1.29 is 9.53 Å². The van der Waals surface area contributed by atoms with Crippen molar-refractivity contribution in [1.82, 2.24) is 5.32 Å². The minimum absolute atomic E-state index is 0.0811. The van der Waals surface area contributed by atoms with Crippen molar-refractivity contribution in [2.24, 2.45) is 5.41 Å². The van der Waals surface area contributed by atoms with E-state index in [1.807, 2.05) is 0 Å². The Bertz CT molecular complexity index is 329. The number of carbonyl (C=O) groups excluding carboxylic acids is 1. The van der Waals surface area contributed by atoms with Crippen molar-refractivity contribution in [2.45, 2.75) is 38.1 Å². The number of nitrogens with one attached hydrogen (secondary N) is 1. The predicted molar refractivity (Wildman–Crippen MR) is 67.6 cm³/mol. The van der Waals surface area contributed by atoms with Crippen molar-refractivity contribution in [3.8, 4) is 0 Å². The quantitative estimate of drug-likeness (QED) is 0.762. The minimum atomic E-state index is -0.114. The molecule has 1 N–H and O–H groups in total. The van der Waals surface area contributed by atoms with Gasteiger partial charge in [0, 0.05) is 11.5 Å². The van der Waals surface area contributed by atoms with E-state index in [9.17, 15) is 4.79 Å². The smallest absolute Gasteiger partial charge is 0.306 e. The number of ether oxygens (including phenoxy) is 1. The van der Waals surface area contributed by atoms with E-state index in [1.165, 1.54) is 20.0 Å². The number of hydrogen-bond donors (Lipinski definition) is 1. The van der Waals surface area contributed by atoms with Crippen LogP contribution in [0.3, 0.4) is 0 Å². The Kier molecular flexibility index (Phi) is 4.00. The summed E-state index contributed by atoms with van der Waals surface area (Å²) >= 11 is 0. The van der Waals surface area contributed by atoms with Gasteiger partial charge in [0.15, 0.2) is 0 Å². The first-order valence-electron chi connectivity index (χ1n) is 6.41. The molecule has 17 heavy (non-hydrogen) atoms. The Morgan fingerprint density at radius 3 is 2.94 bits per heavy atom. The summed E-state index contributed by atoms with van der Waals surface area (Å²) in [6, 6.07) is 0.400. The van der Waals surface area contributed by atoms with Gasteiger partial charge in [0.2, 0.25) is 0 Å². The molecule has 0 bridgehead atoms. The van der Waals surface area contributed by atoms with Gasteiger partial charge in [-0.1, -0.05) is 30.7 Å². The van der Waals surface area contributed by atoms with Gasteiger partial charge in [-0.3, -0.25) is 4.79 Å². The Morgan fingerprint density at radius 1 is 1.47 bits per heavy atom. The third kappa shape index (κ3) is 2.78. The Morgan fingerprint density at radius 2 is 2.35 bits per heavy atom. The number of allylic oxidation sites excluding steroid dienone is 3. The molecule has 0 aromatic heterocycles. The molecule has 3 heteroatoms. The summed E-state index contributed by atoms with van der Waals surface area (Å²) in [6.45, 7) is 1.06. The molecule has 1 aliphatic heterocycles. The molecule has 2 aliphatic rings. The number of hydrogen-bond acceptors (Lipinski definition) is 3. The second-order valence-corrected chi connectivity index (χ2v) is 4.98. The van der Waals surface area contributed by atoms with E-state index >= 15 is 0 Å². The third-order valence-electron chi connectivity index (χ3n) is 3.88. The maximum Gasteiger partial charge on any atom is 0.306 e. The van der Waals surface area contributed by atoms with Gasteiger partial charge >= 0.3 is 5.97 Å². The lowest BCUT2D eigenvalue weighted by Gasteiger charge is -2.41. The van der Waals surface area contributed by atoms with Crippen LogP contribution in [0.5, 0.6) is 0 Å². The summed E-state index contributed by atoms with van der Waals surface area (Å²) in [5.74, 6) is -0.114. The van der Waals surface area contributed by atoms with Gasteiger partial charge in [0.1, 0.15) is 0 Å². The number of rotatable bonds is 3. The SMILES string of the molecule is COC(=O)CC1(C2CCCCN2)C=CC=CC1. The molecule has 0 spiro atoms. The van der Waals surface area contributed by atoms with Crippen molar-refractivity contribution in [3.63, 3.8) is 0 Å². The zero-order valence-electron chi connectivity index (χ0n) is 10.4. The normalized spacial score (nSPS) is 32.4. The van der Waals surface area contributed by atoms with E-state index in [2.05, 4.69) is 29.6 Å². The summed E-state index contributed by atoms with van der Waals surface area (Å²) < 4.78 is 4.84. The highest BCUT2D eigenvalue weighted by Gasteiger charge is 2.39. The van der Waals surface area contributed by atoms with E-state index in [-0.39, 0.29) is 11.4 Å². The van der Waals surface area contributed by atoms with Gasteiger partial charge in [-0.15, -0.1) is 0 Å². The van der Waals surface area contributed by atoms with Crippen molar-refractivity contribution >= 4 is 5.97 Å². The van der Waals surface area contributed by atoms with Crippen LogP contribution in [0.15, 0.2) is 24.3 Å². The molecule has 2 rings (SSSR count). The van der Waals surface area contributed by atoms with E-state index in [4.69, 9.17) is 4.74 Å². The highest BCUT2D eigenvalue weighted by atomic mass is 16.5. The number of piperidine rings is 1. The zero-order valence-corrected chi connectivity index (χ0v) is 10.4. The predicted octanol–water partition coefficient (Wildman–Crippen LogP) is 2.19. The van der Waals surface area contributed by atoms with Crippen molar-refractivity contribution in [1.29, 1.82) is 0 Å². The van der Waals surface area contributed by atoms with Crippen LogP contribution in [-0.2, 0) is 9.53 Å². The number of carbonyl (C=O) groups is 1. The molecule has 0 saturated carbocycles. The Balaban J connectivity index is 2.14. The molecule has 0 amide bonds. The van der Waals surface area contributed by atoms with Gasteiger partial charge in [0.05, 0.1) is 13.5 Å². The van der Waals surface area contributed by atoms with Crippen molar-refractivity contribution in [3.05, 3.63) is 24.3 Å². The fourth-order valence-corrected chi connectivity index (χ4v) is 2.88. The molecule has 0 aromatic carbocycles. The van der Waals surface area contributed by atoms with E-state index in [0.717, 1.165) is 19.4 Å². The van der Waals surface area contributed by atoms with E-state index in [0.29, 0.717) is 12.5 Å². The topological polar surface area (TPSA) is 38.3 Å². The molecular weight excluding hydrogens is 214 g/mol. The molecule has 1 fully saturated rings. The highest BCUT2D eigenvalue weighted by molar-refractivity contribution is 5.70. The van der Waals surface area contributed by atoms with Crippen LogP contribution < -0.4 is 5.32 Å². The highest BCUT2D eigenvalue weighted by Crippen LogP contribution is 2.39. The summed E-state index contributed by atoms with van der Waals surface area (Å²) in [4.78, 5) is 11.6. The lowest BCUT2D eigenvalue weighted by atomic mass is 9.70. The molecule has 3 nitrogen and oxygen atoms in total. The fraction of sp³-hybridized carbons (Fsp3) is 0.643. The maximum atomic E-state index is 11.6. The third-order valence-corrected chi connectivity index (χ3v) is 3.88. The molecule has 1 aliphatic carbocycles. The monoisotopic (exact) mass is 235 g/mol. The largest absolute Gasteiger partial charge is 0.469 e. The molecule has 94 valence electrons. The summed E-state index contributed by atoms with van der Waals surface area (Å²) in [5, 5.41) is 3.57. The van der Waals surface area contributed by atoms with Crippen LogP contribution in [0.2, 0.25) is 0 Å². The van der Waals surface area contributed by atoms with Crippen LogP contribution in [0, 0.1) is 5.41 Å². The van der Waals surface area contributed by atoms with Crippen LogP contribution in [0.1, 0.15) is 32.1 Å². The van der Waals surface area contributed by atoms with Gasteiger partial charge in [-0.2, -0.15) is 0 Å². The molecule has 2 atom stereocenters. The average molecular weight is 235 g/mol. The first-order chi connectivity index (χ1) is 8.27. The Hall–Kier alpha value is -1.09. The average Bonchev–Trinajstić information content (AvgIpc) is 2.40. The van der Waals surface area contributed by atoms with Crippen LogP contribution in [-0.4, -0.2) is 25.7 Å². The second kappa shape index (κ2) is 5.50. The maximum absolute atomic E-state index is 11.6. The molecule has 1 heterocycles. The zero-order chi connectivity index (χ0) is 12.1. The van der Waals surface area contributed by atoms with Gasteiger partial charge < -0.3 is 10.1 Å². The van der Waals surface area contributed by atoms with Crippen LogP contribution in [0.4, 0.5) is 0 Å². The lowest BCUT2D eigenvalue weighted by molar-refractivity contribution is -0.143. The lowest BCUT2D eigenvalue weighted by Crippen LogP contribution is -2.48. The summed E-state index contributed by atoms with van der Waals surface area (Å²) in [5.41, 5.74) is -0.0811. The first kappa shape index (κ1) is 12.4. The summed E-state index contributed by atoms with van der Waals surface area (Å²) in [6.07, 6.45) is 13.5. The Labute approximate surface area is 103 Å². The molecule has 0 radical (unpaired) electrons. The van der Waals surface area contributed by atoms with Crippen LogP contribution in [0.25, 0.3) is 0 Å².